The van der Waals surface area contributed by atoms with Crippen LogP contribution in [0, 0.1) is 0 Å². The molecule has 208 valence electrons. The van der Waals surface area contributed by atoms with Crippen LogP contribution < -0.4 is 15.4 Å². The third kappa shape index (κ3) is 7.35. The zero-order valence-electron chi connectivity index (χ0n) is 22.6. The van der Waals surface area contributed by atoms with Gasteiger partial charge in [-0.05, 0) is 31.5 Å². The Balaban J connectivity index is 1.64. The first-order valence-electron chi connectivity index (χ1n) is 13.3. The van der Waals surface area contributed by atoms with E-state index in [-0.39, 0.29) is 55.6 Å². The predicted molar refractivity (Wildman–Crippen MR) is 144 cm³/mol. The number of nitrogens with zero attached hydrogens (tertiary/aromatic N) is 2. The normalized spacial score (nSPS) is 25.1. The number of benzene rings is 2. The van der Waals surface area contributed by atoms with Gasteiger partial charge in [-0.15, -0.1) is 0 Å². The summed E-state index contributed by atoms with van der Waals surface area (Å²) >= 11 is 0. The Morgan fingerprint density at radius 2 is 1.62 bits per heavy atom. The van der Waals surface area contributed by atoms with Gasteiger partial charge in [0, 0.05) is 26.6 Å². The zero-order chi connectivity index (χ0) is 27.9. The fourth-order valence-corrected chi connectivity index (χ4v) is 4.95. The number of nitrogens with one attached hydrogen (secondary N) is 2. The molecule has 0 aliphatic carbocycles. The molecule has 0 bridgehead atoms. The van der Waals surface area contributed by atoms with Gasteiger partial charge in [-0.3, -0.25) is 19.2 Å². The molecule has 4 amide bonds. The molecule has 10 heteroatoms. The van der Waals surface area contributed by atoms with E-state index in [9.17, 15) is 19.2 Å². The van der Waals surface area contributed by atoms with E-state index in [4.69, 9.17) is 9.47 Å². The molecule has 0 spiro atoms. The van der Waals surface area contributed by atoms with E-state index in [0.717, 1.165) is 5.56 Å². The van der Waals surface area contributed by atoms with Crippen LogP contribution in [0.1, 0.15) is 36.2 Å². The lowest BCUT2D eigenvalue weighted by Gasteiger charge is -2.37. The number of rotatable bonds is 3. The minimum absolute atomic E-state index is 0.143. The smallest absolute Gasteiger partial charge is 0.255 e. The van der Waals surface area contributed by atoms with Crippen molar-refractivity contribution in [3.05, 3.63) is 65.7 Å². The van der Waals surface area contributed by atoms with Crippen molar-refractivity contribution in [2.24, 2.45) is 0 Å². The second-order valence-corrected chi connectivity index (χ2v) is 10.1. The van der Waals surface area contributed by atoms with Crippen LogP contribution >= 0.6 is 0 Å². The molecule has 2 aromatic rings. The van der Waals surface area contributed by atoms with Gasteiger partial charge >= 0.3 is 0 Å². The van der Waals surface area contributed by atoms with Gasteiger partial charge < -0.3 is 29.9 Å². The lowest BCUT2D eigenvalue weighted by atomic mass is 10.0. The Bertz CT molecular complexity index is 1180. The van der Waals surface area contributed by atoms with Gasteiger partial charge in [0.1, 0.15) is 24.4 Å². The van der Waals surface area contributed by atoms with Crippen molar-refractivity contribution in [2.45, 2.75) is 51.0 Å². The Hall–Kier alpha value is -3.92. The van der Waals surface area contributed by atoms with Crippen molar-refractivity contribution in [3.8, 4) is 5.75 Å². The maximum atomic E-state index is 13.6. The van der Waals surface area contributed by atoms with E-state index in [1.165, 1.54) is 4.90 Å². The maximum Gasteiger partial charge on any atom is 0.255 e. The highest BCUT2D eigenvalue weighted by Gasteiger charge is 2.34. The molecule has 2 aromatic carbocycles. The average Bonchev–Trinajstić information content (AvgIpc) is 2.91. The first kappa shape index (κ1) is 28.1. The molecule has 2 N–H and O–H groups in total. The second kappa shape index (κ2) is 12.8. The number of hydrogen-bond acceptors (Lipinski definition) is 6. The standard InChI is InChI=1S/C29H36N4O6/c1-19-17-33(18-20(2)39-19)29(37)24-16-26(34)30-23(15-21-9-5-4-6-10-21)28(36)32(3)13-14-38-25-12-8-7-11-22(25)27(35)31-24/h4-12,19-20,23-24H,13-18H2,1-3H3,(H,30,34)(H,31,35)/t19?,20?,23-,24+/m1/s1. The average molecular weight is 537 g/mol. The van der Waals surface area contributed by atoms with E-state index in [1.54, 1.807) is 36.2 Å². The molecule has 0 aromatic heterocycles. The summed E-state index contributed by atoms with van der Waals surface area (Å²) in [6, 6.07) is 14.1. The predicted octanol–water partition coefficient (Wildman–Crippen LogP) is 1.39. The zero-order valence-corrected chi connectivity index (χ0v) is 22.6. The SMILES string of the molecule is CC1CN(C(=O)[C@@H]2CC(=O)N[C@H](Cc3ccccc3)C(=O)N(C)CCOc3ccccc3C(=O)N2)CC(C)O1. The third-order valence-corrected chi connectivity index (χ3v) is 6.83. The number of hydrogen-bond donors (Lipinski definition) is 2. The van der Waals surface area contributed by atoms with Crippen molar-refractivity contribution in [1.29, 1.82) is 0 Å². The summed E-state index contributed by atoms with van der Waals surface area (Å²) in [6.07, 6.45) is -0.407. The third-order valence-electron chi connectivity index (χ3n) is 6.83. The lowest BCUT2D eigenvalue weighted by molar-refractivity contribution is -0.146. The highest BCUT2D eigenvalue weighted by atomic mass is 16.5. The van der Waals surface area contributed by atoms with Crippen LogP contribution in [0.25, 0.3) is 0 Å². The molecule has 1 saturated heterocycles. The van der Waals surface area contributed by atoms with Crippen molar-refractivity contribution in [1.82, 2.24) is 20.4 Å². The monoisotopic (exact) mass is 536 g/mol. The minimum atomic E-state index is -1.14. The lowest BCUT2D eigenvalue weighted by Crippen LogP contribution is -2.57. The Labute approximate surface area is 228 Å². The fourth-order valence-electron chi connectivity index (χ4n) is 4.95. The number of morpholine rings is 1. The maximum absolute atomic E-state index is 13.6. The summed E-state index contributed by atoms with van der Waals surface area (Å²) in [5.74, 6) is -1.35. The van der Waals surface area contributed by atoms with Gasteiger partial charge in [0.25, 0.3) is 5.91 Å². The highest BCUT2D eigenvalue weighted by Crippen LogP contribution is 2.20. The molecule has 0 saturated carbocycles. The van der Waals surface area contributed by atoms with Crippen LogP contribution in [-0.2, 0) is 25.5 Å². The van der Waals surface area contributed by atoms with Gasteiger partial charge in [-0.1, -0.05) is 42.5 Å². The first-order valence-corrected chi connectivity index (χ1v) is 13.3. The highest BCUT2D eigenvalue weighted by molar-refractivity contribution is 6.01. The second-order valence-electron chi connectivity index (χ2n) is 10.1. The van der Waals surface area contributed by atoms with Crippen LogP contribution in [0.4, 0.5) is 0 Å². The van der Waals surface area contributed by atoms with E-state index >= 15 is 0 Å². The molecule has 39 heavy (non-hydrogen) atoms. The first-order chi connectivity index (χ1) is 18.7. The number of likely N-dealkylation sites (N-methyl/N-ethyl adjacent to an activating group) is 1. The summed E-state index contributed by atoms with van der Waals surface area (Å²) < 4.78 is 11.6. The number of ether oxygens (including phenoxy) is 2. The van der Waals surface area contributed by atoms with E-state index < -0.39 is 23.9 Å². The van der Waals surface area contributed by atoms with Gasteiger partial charge in [-0.2, -0.15) is 0 Å². The summed E-state index contributed by atoms with van der Waals surface area (Å²) in [5, 5.41) is 5.58. The van der Waals surface area contributed by atoms with Crippen LogP contribution in [0.15, 0.2) is 54.6 Å². The van der Waals surface area contributed by atoms with E-state index in [1.807, 2.05) is 44.2 Å². The van der Waals surface area contributed by atoms with Crippen LogP contribution in [0.2, 0.25) is 0 Å². The fraction of sp³-hybridized carbons (Fsp3) is 0.448. The summed E-state index contributed by atoms with van der Waals surface area (Å²) in [5.41, 5.74) is 1.13. The summed E-state index contributed by atoms with van der Waals surface area (Å²) in [7, 11) is 1.65. The topological polar surface area (TPSA) is 117 Å². The molecule has 2 heterocycles. The summed E-state index contributed by atoms with van der Waals surface area (Å²) in [4.78, 5) is 56.8. The van der Waals surface area contributed by atoms with E-state index in [0.29, 0.717) is 18.8 Å². The summed E-state index contributed by atoms with van der Waals surface area (Å²) in [6.45, 7) is 4.83. The van der Waals surface area contributed by atoms with Crippen molar-refractivity contribution >= 4 is 23.6 Å². The molecule has 10 nitrogen and oxygen atoms in total. The van der Waals surface area contributed by atoms with E-state index in [2.05, 4.69) is 10.6 Å². The quantitative estimate of drug-likeness (QED) is 0.613. The van der Waals surface area contributed by atoms with Crippen LogP contribution in [-0.4, -0.2) is 91.0 Å². The van der Waals surface area contributed by atoms with Crippen molar-refractivity contribution < 1.29 is 28.7 Å². The Kier molecular flexibility index (Phi) is 9.19. The van der Waals surface area contributed by atoms with Crippen molar-refractivity contribution in [3.63, 3.8) is 0 Å². The molecule has 2 aliphatic rings. The number of carbonyl (C=O) groups is 4. The van der Waals surface area contributed by atoms with Crippen LogP contribution in [0.3, 0.4) is 0 Å². The number of fused-ring (bicyclic) bond motifs is 1. The van der Waals surface area contributed by atoms with Gasteiger partial charge in [0.15, 0.2) is 0 Å². The largest absolute Gasteiger partial charge is 0.491 e. The molecule has 1 fully saturated rings. The van der Waals surface area contributed by atoms with Gasteiger partial charge in [-0.25, -0.2) is 0 Å². The molecule has 4 atom stereocenters. The molecule has 4 rings (SSSR count). The minimum Gasteiger partial charge on any atom is -0.491 e. The molecule has 0 radical (unpaired) electrons. The molecule has 2 unspecified atom stereocenters. The molecule has 2 aliphatic heterocycles. The van der Waals surface area contributed by atoms with Gasteiger partial charge in [0.05, 0.1) is 30.7 Å². The van der Waals surface area contributed by atoms with Gasteiger partial charge in [0.2, 0.25) is 17.7 Å². The molecular formula is C29H36N4O6. The van der Waals surface area contributed by atoms with Crippen molar-refractivity contribution in [2.75, 3.05) is 33.3 Å². The molecular weight excluding hydrogens is 500 g/mol. The Morgan fingerprint density at radius 1 is 0.949 bits per heavy atom. The number of amides is 4. The Morgan fingerprint density at radius 3 is 2.33 bits per heavy atom. The number of para-hydroxylation sites is 1. The number of carbonyl (C=O) groups excluding carboxylic acids is 4. The van der Waals surface area contributed by atoms with Crippen LogP contribution in [0.5, 0.6) is 5.75 Å².